The zero-order valence-electron chi connectivity index (χ0n) is 6.17. The number of hydrogen-bond acceptors (Lipinski definition) is 0. The Morgan fingerprint density at radius 3 is 1.67 bits per heavy atom. The van der Waals surface area contributed by atoms with E-state index in [1.807, 2.05) is 0 Å². The zero-order valence-corrected chi connectivity index (χ0v) is 6.17. The van der Waals surface area contributed by atoms with E-state index in [0.717, 1.165) is 23.7 Å². The van der Waals surface area contributed by atoms with E-state index in [1.165, 1.54) is 6.42 Å². The van der Waals surface area contributed by atoms with Crippen LogP contribution in [0.25, 0.3) is 0 Å². The second kappa shape index (κ2) is 1.62. The van der Waals surface area contributed by atoms with Crippen molar-refractivity contribution in [2.45, 2.75) is 20.3 Å². The Morgan fingerprint density at radius 1 is 1.00 bits per heavy atom. The lowest BCUT2D eigenvalue weighted by molar-refractivity contribution is 0.364. The molecule has 2 bridgehead atoms. The summed E-state index contributed by atoms with van der Waals surface area (Å²) in [5.74, 6) is 3.79. The van der Waals surface area contributed by atoms with Crippen molar-refractivity contribution < 1.29 is 0 Å². The molecule has 0 amide bonds. The first-order valence-electron chi connectivity index (χ1n) is 3.97. The molecule has 0 N–H and O–H groups in total. The molecule has 0 saturated heterocycles. The molecule has 1 fully saturated rings. The normalized spacial score (nSPS) is 54.9. The van der Waals surface area contributed by atoms with Crippen molar-refractivity contribution in [3.8, 4) is 0 Å². The highest BCUT2D eigenvalue weighted by Gasteiger charge is 2.38. The maximum Gasteiger partial charge on any atom is -0.0199 e. The molecule has 2 aliphatic rings. The van der Waals surface area contributed by atoms with E-state index in [-0.39, 0.29) is 0 Å². The Labute approximate surface area is 57.0 Å². The van der Waals surface area contributed by atoms with Gasteiger partial charge in [-0.3, -0.25) is 0 Å². The molecule has 1 saturated carbocycles. The van der Waals surface area contributed by atoms with Crippen LogP contribution in [0.3, 0.4) is 0 Å². The highest BCUT2D eigenvalue weighted by Crippen LogP contribution is 2.47. The van der Waals surface area contributed by atoms with E-state index in [4.69, 9.17) is 0 Å². The van der Waals surface area contributed by atoms with Gasteiger partial charge in [-0.2, -0.15) is 0 Å². The predicted octanol–water partition coefficient (Wildman–Crippen LogP) is 2.46. The average Bonchev–Trinajstić information content (AvgIpc) is 2.37. The molecule has 0 aromatic rings. The van der Waals surface area contributed by atoms with Crippen LogP contribution in [0.1, 0.15) is 20.3 Å². The molecular weight excluding hydrogens is 108 g/mol. The quantitative estimate of drug-likeness (QED) is 0.433. The summed E-state index contributed by atoms with van der Waals surface area (Å²) in [4.78, 5) is 0. The SMILES string of the molecule is C[C@H]1[C@H]2C=CC(C2)[C@@H]1C. The highest BCUT2D eigenvalue weighted by molar-refractivity contribution is 5.11. The standard InChI is InChI=1S/C9H14/c1-6-7(2)9-4-3-8(6)5-9/h3-4,6-9H,5H2,1-2H3/t6-,7-,8+,9?/m1/s1. The fraction of sp³-hybridized carbons (Fsp3) is 0.778. The van der Waals surface area contributed by atoms with Gasteiger partial charge in [0.15, 0.2) is 0 Å². The van der Waals surface area contributed by atoms with Gasteiger partial charge in [-0.1, -0.05) is 26.0 Å². The van der Waals surface area contributed by atoms with E-state index in [1.54, 1.807) is 0 Å². The van der Waals surface area contributed by atoms with E-state index >= 15 is 0 Å². The number of fused-ring (bicyclic) bond motifs is 2. The van der Waals surface area contributed by atoms with Crippen LogP contribution in [-0.4, -0.2) is 0 Å². The van der Waals surface area contributed by atoms with Gasteiger partial charge in [0.25, 0.3) is 0 Å². The van der Waals surface area contributed by atoms with Crippen molar-refractivity contribution in [3.05, 3.63) is 12.2 Å². The van der Waals surface area contributed by atoms with Crippen LogP contribution in [0, 0.1) is 23.7 Å². The van der Waals surface area contributed by atoms with Gasteiger partial charge in [-0.25, -0.2) is 0 Å². The van der Waals surface area contributed by atoms with Gasteiger partial charge in [0.2, 0.25) is 0 Å². The molecule has 0 heterocycles. The molecule has 0 aromatic carbocycles. The van der Waals surface area contributed by atoms with Crippen LogP contribution in [-0.2, 0) is 0 Å². The molecule has 0 aromatic heterocycles. The van der Waals surface area contributed by atoms with Crippen molar-refractivity contribution in [1.29, 1.82) is 0 Å². The van der Waals surface area contributed by atoms with Crippen LogP contribution >= 0.6 is 0 Å². The number of allylic oxidation sites excluding steroid dienone is 2. The van der Waals surface area contributed by atoms with Gasteiger partial charge in [-0.05, 0) is 30.1 Å². The summed E-state index contributed by atoms with van der Waals surface area (Å²) in [6, 6.07) is 0. The van der Waals surface area contributed by atoms with Crippen LogP contribution in [0.5, 0.6) is 0 Å². The first-order valence-corrected chi connectivity index (χ1v) is 3.97. The molecule has 0 nitrogen and oxygen atoms in total. The van der Waals surface area contributed by atoms with E-state index in [2.05, 4.69) is 26.0 Å². The Balaban J connectivity index is 2.26. The smallest absolute Gasteiger partial charge is 0.0199 e. The van der Waals surface area contributed by atoms with Crippen molar-refractivity contribution in [2.75, 3.05) is 0 Å². The molecule has 2 aliphatic carbocycles. The summed E-state index contributed by atoms with van der Waals surface area (Å²) in [5.41, 5.74) is 0. The third-order valence-electron chi connectivity index (χ3n) is 3.33. The molecule has 0 spiro atoms. The van der Waals surface area contributed by atoms with Crippen molar-refractivity contribution >= 4 is 0 Å². The third-order valence-corrected chi connectivity index (χ3v) is 3.33. The Bertz CT molecular complexity index is 130. The lowest BCUT2D eigenvalue weighted by Gasteiger charge is -2.19. The maximum absolute atomic E-state index is 2.41. The van der Waals surface area contributed by atoms with Gasteiger partial charge in [0.05, 0.1) is 0 Å². The molecule has 0 radical (unpaired) electrons. The summed E-state index contributed by atoms with van der Waals surface area (Å²) in [7, 11) is 0. The molecular formula is C9H14. The van der Waals surface area contributed by atoms with Gasteiger partial charge < -0.3 is 0 Å². The molecule has 1 unspecified atom stereocenters. The first-order chi connectivity index (χ1) is 4.29. The first kappa shape index (κ1) is 5.52. The molecule has 0 heteroatoms. The molecule has 0 aliphatic heterocycles. The minimum absolute atomic E-state index is 0.935. The van der Waals surface area contributed by atoms with E-state index in [9.17, 15) is 0 Å². The summed E-state index contributed by atoms with van der Waals surface area (Å²) < 4.78 is 0. The zero-order chi connectivity index (χ0) is 6.43. The second-order valence-electron chi connectivity index (χ2n) is 3.67. The minimum Gasteiger partial charge on any atom is -0.0848 e. The van der Waals surface area contributed by atoms with Gasteiger partial charge in [0.1, 0.15) is 0 Å². The monoisotopic (exact) mass is 122 g/mol. The Morgan fingerprint density at radius 2 is 1.44 bits per heavy atom. The van der Waals surface area contributed by atoms with Crippen LogP contribution in [0.2, 0.25) is 0 Å². The minimum atomic E-state index is 0.935. The van der Waals surface area contributed by atoms with Crippen molar-refractivity contribution in [3.63, 3.8) is 0 Å². The molecule has 50 valence electrons. The van der Waals surface area contributed by atoms with Gasteiger partial charge in [-0.15, -0.1) is 0 Å². The fourth-order valence-electron chi connectivity index (χ4n) is 2.32. The van der Waals surface area contributed by atoms with Crippen molar-refractivity contribution in [1.82, 2.24) is 0 Å². The fourth-order valence-corrected chi connectivity index (χ4v) is 2.32. The maximum atomic E-state index is 2.41. The summed E-state index contributed by atoms with van der Waals surface area (Å²) >= 11 is 0. The van der Waals surface area contributed by atoms with Crippen molar-refractivity contribution in [2.24, 2.45) is 23.7 Å². The Kier molecular flexibility index (Phi) is 0.992. The molecule has 2 rings (SSSR count). The van der Waals surface area contributed by atoms with Gasteiger partial charge >= 0.3 is 0 Å². The summed E-state index contributed by atoms with van der Waals surface area (Å²) in [6.45, 7) is 4.78. The summed E-state index contributed by atoms with van der Waals surface area (Å²) in [6.07, 6.45) is 6.27. The Hall–Kier alpha value is -0.260. The van der Waals surface area contributed by atoms with Crippen LogP contribution < -0.4 is 0 Å². The van der Waals surface area contributed by atoms with Gasteiger partial charge in [0, 0.05) is 0 Å². The molecule has 9 heavy (non-hydrogen) atoms. The summed E-state index contributed by atoms with van der Waals surface area (Å²) in [5, 5.41) is 0. The van der Waals surface area contributed by atoms with Crippen LogP contribution in [0.4, 0.5) is 0 Å². The molecule has 4 atom stereocenters. The van der Waals surface area contributed by atoms with E-state index < -0.39 is 0 Å². The third kappa shape index (κ3) is 0.593. The highest BCUT2D eigenvalue weighted by atomic mass is 14.4. The lowest BCUT2D eigenvalue weighted by atomic mass is 9.86. The topological polar surface area (TPSA) is 0 Å². The van der Waals surface area contributed by atoms with Crippen LogP contribution in [0.15, 0.2) is 12.2 Å². The second-order valence-corrected chi connectivity index (χ2v) is 3.67. The largest absolute Gasteiger partial charge is 0.0848 e. The lowest BCUT2D eigenvalue weighted by Crippen LogP contribution is -2.12. The number of hydrogen-bond donors (Lipinski definition) is 0. The van der Waals surface area contributed by atoms with E-state index in [0.29, 0.717) is 0 Å². The number of rotatable bonds is 0. The average molecular weight is 122 g/mol. The predicted molar refractivity (Wildman–Crippen MR) is 39.1 cm³/mol.